The molecule has 1 saturated carbocycles. The van der Waals surface area contributed by atoms with Crippen LogP contribution in [0.4, 0.5) is 4.39 Å². The van der Waals surface area contributed by atoms with Crippen LogP contribution < -0.4 is 5.32 Å². The van der Waals surface area contributed by atoms with E-state index < -0.39 is 6.67 Å². The molecule has 0 aromatic carbocycles. The lowest BCUT2D eigenvalue weighted by Crippen LogP contribution is -2.39. The Bertz CT molecular complexity index is 184. The van der Waals surface area contributed by atoms with Crippen LogP contribution in [0.3, 0.4) is 0 Å². The number of rotatable bonds is 3. The van der Waals surface area contributed by atoms with Crippen LogP contribution in [-0.2, 0) is 4.79 Å². The first-order valence-electron chi connectivity index (χ1n) is 5.01. The van der Waals surface area contributed by atoms with Gasteiger partial charge in [-0.3, -0.25) is 4.79 Å². The largest absolute Gasteiger partial charge is 0.351 e. The Morgan fingerprint density at radius 2 is 2.31 bits per heavy atom. The van der Waals surface area contributed by atoms with Crippen molar-refractivity contribution in [3.8, 4) is 0 Å². The molecule has 1 N–H and O–H groups in total. The number of hydrogen-bond donors (Lipinski definition) is 1. The third kappa shape index (κ3) is 2.68. The van der Waals surface area contributed by atoms with Crippen LogP contribution in [0.1, 0.15) is 33.1 Å². The van der Waals surface area contributed by atoms with Crippen molar-refractivity contribution in [1.82, 2.24) is 5.32 Å². The lowest BCUT2D eigenvalue weighted by atomic mass is 9.97. The van der Waals surface area contributed by atoms with Crippen LogP contribution in [0, 0.1) is 11.8 Å². The van der Waals surface area contributed by atoms with Crippen molar-refractivity contribution in [2.45, 2.75) is 39.2 Å². The molecule has 0 spiro atoms. The average Bonchev–Trinajstić information content (AvgIpc) is 2.51. The highest BCUT2D eigenvalue weighted by molar-refractivity contribution is 5.79. The highest BCUT2D eigenvalue weighted by atomic mass is 19.1. The van der Waals surface area contributed by atoms with Crippen LogP contribution in [-0.4, -0.2) is 18.6 Å². The second-order valence-corrected chi connectivity index (χ2v) is 4.08. The minimum absolute atomic E-state index is 0.0372. The molecule has 3 atom stereocenters. The number of nitrogens with one attached hydrogen (secondary N) is 1. The predicted octanol–water partition coefficient (Wildman–Crippen LogP) is 1.90. The van der Waals surface area contributed by atoms with Crippen molar-refractivity contribution >= 4 is 5.91 Å². The fourth-order valence-corrected chi connectivity index (χ4v) is 1.92. The molecular formula is C10H18FNO. The standard InChI is InChI=1S/C10H18FNO/c1-7-4-3-5-9(7)10(13)12-8(2)6-11/h7-9H,3-6H2,1-2H3,(H,12,13). The monoisotopic (exact) mass is 187 g/mol. The van der Waals surface area contributed by atoms with Gasteiger partial charge in [0.1, 0.15) is 6.67 Å². The summed E-state index contributed by atoms with van der Waals surface area (Å²) in [6.07, 6.45) is 3.22. The van der Waals surface area contributed by atoms with Crippen LogP contribution >= 0.6 is 0 Å². The molecular weight excluding hydrogens is 169 g/mol. The first-order valence-corrected chi connectivity index (χ1v) is 5.01. The summed E-state index contributed by atoms with van der Waals surface area (Å²) in [5.74, 6) is 0.621. The van der Waals surface area contributed by atoms with E-state index in [-0.39, 0.29) is 17.9 Å². The molecule has 0 heterocycles. The first-order chi connectivity index (χ1) is 6.15. The molecule has 76 valence electrons. The molecule has 2 nitrogen and oxygen atoms in total. The summed E-state index contributed by atoms with van der Waals surface area (Å²) in [7, 11) is 0. The maximum Gasteiger partial charge on any atom is 0.223 e. The smallest absolute Gasteiger partial charge is 0.223 e. The van der Waals surface area contributed by atoms with Crippen LogP contribution in [0.5, 0.6) is 0 Å². The third-order valence-electron chi connectivity index (χ3n) is 2.82. The van der Waals surface area contributed by atoms with E-state index in [0.717, 1.165) is 19.3 Å². The van der Waals surface area contributed by atoms with Gasteiger partial charge in [-0.05, 0) is 25.7 Å². The molecule has 1 amide bonds. The van der Waals surface area contributed by atoms with Gasteiger partial charge < -0.3 is 5.32 Å². The van der Waals surface area contributed by atoms with E-state index in [4.69, 9.17) is 0 Å². The van der Waals surface area contributed by atoms with Crippen molar-refractivity contribution in [3.05, 3.63) is 0 Å². The highest BCUT2D eigenvalue weighted by Crippen LogP contribution is 2.31. The number of carbonyl (C=O) groups excluding carboxylic acids is 1. The number of hydrogen-bond acceptors (Lipinski definition) is 1. The Morgan fingerprint density at radius 1 is 1.62 bits per heavy atom. The summed E-state index contributed by atoms with van der Waals surface area (Å²) in [4.78, 5) is 11.5. The summed E-state index contributed by atoms with van der Waals surface area (Å²) in [5.41, 5.74) is 0. The fraction of sp³-hybridized carbons (Fsp3) is 0.900. The van der Waals surface area contributed by atoms with E-state index in [0.29, 0.717) is 5.92 Å². The minimum Gasteiger partial charge on any atom is -0.351 e. The summed E-state index contributed by atoms with van der Waals surface area (Å²) in [6.45, 7) is 3.31. The Kier molecular flexibility index (Phi) is 3.70. The summed E-state index contributed by atoms with van der Waals surface area (Å²) in [5, 5.41) is 2.69. The van der Waals surface area contributed by atoms with Crippen molar-refractivity contribution in [3.63, 3.8) is 0 Å². The number of amides is 1. The van der Waals surface area contributed by atoms with Gasteiger partial charge >= 0.3 is 0 Å². The molecule has 1 aliphatic rings. The van der Waals surface area contributed by atoms with E-state index in [1.807, 2.05) is 0 Å². The zero-order valence-corrected chi connectivity index (χ0v) is 8.35. The third-order valence-corrected chi connectivity index (χ3v) is 2.82. The Balaban J connectivity index is 2.38. The molecule has 1 fully saturated rings. The van der Waals surface area contributed by atoms with E-state index in [9.17, 15) is 9.18 Å². The molecule has 0 aromatic rings. The van der Waals surface area contributed by atoms with Crippen molar-refractivity contribution in [1.29, 1.82) is 0 Å². The molecule has 0 radical (unpaired) electrons. The Hall–Kier alpha value is -0.600. The van der Waals surface area contributed by atoms with Gasteiger partial charge in [-0.25, -0.2) is 4.39 Å². The fourth-order valence-electron chi connectivity index (χ4n) is 1.92. The molecule has 13 heavy (non-hydrogen) atoms. The van der Waals surface area contributed by atoms with Gasteiger partial charge in [0.15, 0.2) is 0 Å². The Morgan fingerprint density at radius 3 is 2.77 bits per heavy atom. The van der Waals surface area contributed by atoms with Gasteiger partial charge in [0.05, 0.1) is 6.04 Å². The molecule has 1 rings (SSSR count). The summed E-state index contributed by atoms with van der Waals surface area (Å²) >= 11 is 0. The molecule has 3 heteroatoms. The zero-order valence-electron chi connectivity index (χ0n) is 8.35. The van der Waals surface area contributed by atoms with Gasteiger partial charge in [-0.2, -0.15) is 0 Å². The molecule has 0 bridgehead atoms. The van der Waals surface area contributed by atoms with Gasteiger partial charge in [-0.15, -0.1) is 0 Å². The van der Waals surface area contributed by atoms with Gasteiger partial charge in [0.2, 0.25) is 5.91 Å². The minimum atomic E-state index is -0.479. The maximum atomic E-state index is 12.1. The maximum absolute atomic E-state index is 12.1. The van der Waals surface area contributed by atoms with E-state index in [1.165, 1.54) is 0 Å². The van der Waals surface area contributed by atoms with Crippen LogP contribution in [0.2, 0.25) is 0 Å². The predicted molar refractivity (Wildman–Crippen MR) is 50.1 cm³/mol. The van der Waals surface area contributed by atoms with Gasteiger partial charge in [0.25, 0.3) is 0 Å². The molecule has 1 aliphatic carbocycles. The lowest BCUT2D eigenvalue weighted by Gasteiger charge is -2.17. The van der Waals surface area contributed by atoms with E-state index in [2.05, 4.69) is 12.2 Å². The van der Waals surface area contributed by atoms with Crippen molar-refractivity contribution < 1.29 is 9.18 Å². The van der Waals surface area contributed by atoms with Crippen molar-refractivity contribution in [2.75, 3.05) is 6.67 Å². The first kappa shape index (κ1) is 10.5. The highest BCUT2D eigenvalue weighted by Gasteiger charge is 2.29. The molecule has 0 saturated heterocycles. The number of halogens is 1. The molecule has 3 unspecified atom stereocenters. The normalized spacial score (nSPS) is 30.1. The van der Waals surface area contributed by atoms with E-state index in [1.54, 1.807) is 6.92 Å². The van der Waals surface area contributed by atoms with E-state index >= 15 is 0 Å². The van der Waals surface area contributed by atoms with Crippen LogP contribution in [0.25, 0.3) is 0 Å². The van der Waals surface area contributed by atoms with Gasteiger partial charge in [-0.1, -0.05) is 13.3 Å². The summed E-state index contributed by atoms with van der Waals surface area (Å²) < 4.78 is 12.1. The zero-order chi connectivity index (χ0) is 9.84. The number of carbonyl (C=O) groups is 1. The second-order valence-electron chi connectivity index (χ2n) is 4.08. The topological polar surface area (TPSA) is 29.1 Å². The second kappa shape index (κ2) is 4.58. The lowest BCUT2D eigenvalue weighted by molar-refractivity contribution is -0.126. The number of alkyl halides is 1. The SMILES string of the molecule is CC(CF)NC(=O)C1CCCC1C. The molecule has 0 aromatic heterocycles. The quantitative estimate of drug-likeness (QED) is 0.718. The van der Waals surface area contributed by atoms with Crippen molar-refractivity contribution in [2.24, 2.45) is 11.8 Å². The Labute approximate surface area is 78.9 Å². The van der Waals surface area contributed by atoms with Gasteiger partial charge in [0, 0.05) is 5.92 Å². The summed E-state index contributed by atoms with van der Waals surface area (Å²) in [6, 6.07) is -0.333. The van der Waals surface area contributed by atoms with Crippen LogP contribution in [0.15, 0.2) is 0 Å². The average molecular weight is 187 g/mol. The molecule has 0 aliphatic heterocycles.